The molecule has 3 nitrogen and oxygen atoms in total. The molecule has 0 aliphatic carbocycles. The maximum Gasteiger partial charge on any atom is 0.109 e. The van der Waals surface area contributed by atoms with Gasteiger partial charge in [-0.1, -0.05) is 0 Å². The lowest BCUT2D eigenvalue weighted by Crippen LogP contribution is -2.35. The molecule has 1 aromatic rings. The first-order valence-corrected chi connectivity index (χ1v) is 6.10. The summed E-state index contributed by atoms with van der Waals surface area (Å²) < 4.78 is 0. The van der Waals surface area contributed by atoms with Gasteiger partial charge in [-0.2, -0.15) is 0 Å². The predicted octanol–water partition coefficient (Wildman–Crippen LogP) is 1.55. The molecule has 1 aromatic heterocycles. The van der Waals surface area contributed by atoms with E-state index in [4.69, 9.17) is 0 Å². The SMILES string of the molecule is C[C@H](NC[C@H]1CCCN1)c1nccs1. The summed E-state index contributed by atoms with van der Waals surface area (Å²) in [7, 11) is 0. The van der Waals surface area contributed by atoms with Crippen LogP contribution in [0, 0.1) is 0 Å². The van der Waals surface area contributed by atoms with E-state index in [0.717, 1.165) is 6.54 Å². The summed E-state index contributed by atoms with van der Waals surface area (Å²) in [6.45, 7) is 4.41. The van der Waals surface area contributed by atoms with Gasteiger partial charge in [0, 0.05) is 24.2 Å². The van der Waals surface area contributed by atoms with Crippen LogP contribution in [0.4, 0.5) is 0 Å². The van der Waals surface area contributed by atoms with E-state index in [1.54, 1.807) is 11.3 Å². The van der Waals surface area contributed by atoms with Crippen molar-refractivity contribution in [2.45, 2.75) is 31.8 Å². The van der Waals surface area contributed by atoms with Crippen molar-refractivity contribution < 1.29 is 0 Å². The lowest BCUT2D eigenvalue weighted by atomic mass is 10.2. The number of nitrogens with one attached hydrogen (secondary N) is 2. The number of rotatable bonds is 4. The molecule has 2 atom stereocenters. The molecule has 0 bridgehead atoms. The third-order valence-electron chi connectivity index (χ3n) is 2.65. The molecule has 2 rings (SSSR count). The van der Waals surface area contributed by atoms with E-state index in [-0.39, 0.29) is 0 Å². The van der Waals surface area contributed by atoms with Crippen molar-refractivity contribution in [3.8, 4) is 0 Å². The summed E-state index contributed by atoms with van der Waals surface area (Å²) in [5.41, 5.74) is 0. The predicted molar refractivity (Wildman–Crippen MR) is 59.6 cm³/mol. The standard InChI is InChI=1S/C10H17N3S/c1-8(10-12-5-6-14-10)13-7-9-3-2-4-11-9/h5-6,8-9,11,13H,2-4,7H2,1H3/t8-,9+/m0/s1. The summed E-state index contributed by atoms with van der Waals surface area (Å²) in [5, 5.41) is 10.2. The minimum absolute atomic E-state index is 0.386. The molecule has 1 aliphatic heterocycles. The van der Waals surface area contributed by atoms with Crippen LogP contribution < -0.4 is 10.6 Å². The van der Waals surface area contributed by atoms with E-state index in [1.165, 1.54) is 24.4 Å². The van der Waals surface area contributed by atoms with Gasteiger partial charge >= 0.3 is 0 Å². The average molecular weight is 211 g/mol. The van der Waals surface area contributed by atoms with Crippen LogP contribution >= 0.6 is 11.3 Å². The smallest absolute Gasteiger partial charge is 0.109 e. The molecule has 78 valence electrons. The first-order chi connectivity index (χ1) is 6.86. The zero-order valence-corrected chi connectivity index (χ0v) is 9.31. The van der Waals surface area contributed by atoms with Crippen LogP contribution in [-0.2, 0) is 0 Å². The Bertz CT molecular complexity index is 254. The molecule has 4 heteroatoms. The van der Waals surface area contributed by atoms with E-state index >= 15 is 0 Å². The highest BCUT2D eigenvalue weighted by Gasteiger charge is 2.15. The second-order valence-electron chi connectivity index (χ2n) is 3.79. The molecule has 0 saturated carbocycles. The zero-order chi connectivity index (χ0) is 9.80. The van der Waals surface area contributed by atoms with Crippen LogP contribution in [0.25, 0.3) is 0 Å². The quantitative estimate of drug-likeness (QED) is 0.793. The van der Waals surface area contributed by atoms with Gasteiger partial charge in [0.25, 0.3) is 0 Å². The molecule has 0 radical (unpaired) electrons. The van der Waals surface area contributed by atoms with Gasteiger partial charge in [0.15, 0.2) is 0 Å². The molecule has 14 heavy (non-hydrogen) atoms. The van der Waals surface area contributed by atoms with Crippen molar-refractivity contribution >= 4 is 11.3 Å². The third kappa shape index (κ3) is 2.53. The second kappa shape index (κ2) is 4.87. The Morgan fingerprint density at radius 1 is 1.79 bits per heavy atom. The fourth-order valence-electron chi connectivity index (χ4n) is 1.79. The topological polar surface area (TPSA) is 37.0 Å². The minimum Gasteiger partial charge on any atom is -0.313 e. The van der Waals surface area contributed by atoms with E-state index < -0.39 is 0 Å². The largest absolute Gasteiger partial charge is 0.313 e. The van der Waals surface area contributed by atoms with Crippen molar-refractivity contribution in [1.29, 1.82) is 0 Å². The summed E-state index contributed by atoms with van der Waals surface area (Å²) in [5.74, 6) is 0. The fourth-order valence-corrected chi connectivity index (χ4v) is 2.46. The Morgan fingerprint density at radius 3 is 3.36 bits per heavy atom. The molecule has 1 saturated heterocycles. The van der Waals surface area contributed by atoms with Crippen LogP contribution in [0.5, 0.6) is 0 Å². The monoisotopic (exact) mass is 211 g/mol. The summed E-state index contributed by atoms with van der Waals surface area (Å²) in [6, 6.07) is 1.05. The van der Waals surface area contributed by atoms with Gasteiger partial charge < -0.3 is 10.6 Å². The van der Waals surface area contributed by atoms with Crippen LogP contribution in [0.1, 0.15) is 30.8 Å². The molecule has 0 amide bonds. The molecule has 2 N–H and O–H groups in total. The second-order valence-corrected chi connectivity index (χ2v) is 4.72. The highest BCUT2D eigenvalue weighted by molar-refractivity contribution is 7.09. The van der Waals surface area contributed by atoms with Crippen LogP contribution in [0.3, 0.4) is 0 Å². The van der Waals surface area contributed by atoms with Crippen LogP contribution in [-0.4, -0.2) is 24.1 Å². The average Bonchev–Trinajstić information content (AvgIpc) is 2.87. The molecular formula is C10H17N3S. The fraction of sp³-hybridized carbons (Fsp3) is 0.700. The van der Waals surface area contributed by atoms with Crippen molar-refractivity contribution in [1.82, 2.24) is 15.6 Å². The van der Waals surface area contributed by atoms with Gasteiger partial charge in [-0.05, 0) is 26.3 Å². The van der Waals surface area contributed by atoms with Crippen molar-refractivity contribution in [2.24, 2.45) is 0 Å². The number of thiazole rings is 1. The normalized spacial score (nSPS) is 23.9. The van der Waals surface area contributed by atoms with Gasteiger partial charge in [-0.3, -0.25) is 0 Å². The zero-order valence-electron chi connectivity index (χ0n) is 8.49. The maximum absolute atomic E-state index is 4.30. The molecule has 1 aliphatic rings. The van der Waals surface area contributed by atoms with Crippen LogP contribution in [0.15, 0.2) is 11.6 Å². The number of aromatic nitrogens is 1. The molecule has 0 aromatic carbocycles. The Kier molecular flexibility index (Phi) is 3.50. The van der Waals surface area contributed by atoms with E-state index in [1.807, 2.05) is 11.6 Å². The molecule has 0 spiro atoms. The third-order valence-corrected chi connectivity index (χ3v) is 3.61. The Hall–Kier alpha value is -0.450. The van der Waals surface area contributed by atoms with Gasteiger partial charge in [0.05, 0.1) is 6.04 Å². The van der Waals surface area contributed by atoms with Crippen molar-refractivity contribution in [2.75, 3.05) is 13.1 Å². The molecular weight excluding hydrogens is 194 g/mol. The van der Waals surface area contributed by atoms with Crippen molar-refractivity contribution in [3.63, 3.8) is 0 Å². The lowest BCUT2D eigenvalue weighted by molar-refractivity contribution is 0.489. The number of hydrogen-bond acceptors (Lipinski definition) is 4. The molecule has 0 unspecified atom stereocenters. The Morgan fingerprint density at radius 2 is 2.71 bits per heavy atom. The van der Waals surface area contributed by atoms with E-state index in [2.05, 4.69) is 22.5 Å². The number of nitrogens with zero attached hydrogens (tertiary/aromatic N) is 1. The lowest BCUT2D eigenvalue weighted by Gasteiger charge is -2.15. The first-order valence-electron chi connectivity index (χ1n) is 5.22. The van der Waals surface area contributed by atoms with Gasteiger partial charge in [-0.15, -0.1) is 11.3 Å². The van der Waals surface area contributed by atoms with E-state index in [0.29, 0.717) is 12.1 Å². The summed E-state index contributed by atoms with van der Waals surface area (Å²) in [6.07, 6.45) is 4.49. The highest BCUT2D eigenvalue weighted by atomic mass is 32.1. The maximum atomic E-state index is 4.30. The van der Waals surface area contributed by atoms with E-state index in [9.17, 15) is 0 Å². The minimum atomic E-state index is 0.386. The van der Waals surface area contributed by atoms with Gasteiger partial charge in [-0.25, -0.2) is 4.98 Å². The van der Waals surface area contributed by atoms with Gasteiger partial charge in [0.2, 0.25) is 0 Å². The Labute approximate surface area is 88.9 Å². The molecule has 2 heterocycles. The summed E-state index contributed by atoms with van der Waals surface area (Å²) >= 11 is 1.72. The molecule has 1 fully saturated rings. The summed E-state index contributed by atoms with van der Waals surface area (Å²) in [4.78, 5) is 4.30. The van der Waals surface area contributed by atoms with Crippen molar-refractivity contribution in [3.05, 3.63) is 16.6 Å². The number of hydrogen-bond donors (Lipinski definition) is 2. The van der Waals surface area contributed by atoms with Gasteiger partial charge in [0.1, 0.15) is 5.01 Å². The first kappa shape index (κ1) is 10.1. The Balaban J connectivity index is 1.74. The highest BCUT2D eigenvalue weighted by Crippen LogP contribution is 2.15. The van der Waals surface area contributed by atoms with Crippen LogP contribution in [0.2, 0.25) is 0 Å².